The first-order chi connectivity index (χ1) is 8.27. The van der Waals surface area contributed by atoms with Gasteiger partial charge in [-0.25, -0.2) is 4.98 Å². The molecule has 0 atom stereocenters. The van der Waals surface area contributed by atoms with E-state index >= 15 is 0 Å². The summed E-state index contributed by atoms with van der Waals surface area (Å²) in [5.74, 6) is 1.63. The Morgan fingerprint density at radius 1 is 1.24 bits per heavy atom. The van der Waals surface area contributed by atoms with Crippen molar-refractivity contribution in [3.8, 4) is 0 Å². The van der Waals surface area contributed by atoms with Gasteiger partial charge in [-0.15, -0.1) is 0 Å². The zero-order chi connectivity index (χ0) is 12.1. The molecule has 1 aromatic heterocycles. The van der Waals surface area contributed by atoms with Crippen LogP contribution in [-0.2, 0) is 6.54 Å². The van der Waals surface area contributed by atoms with Crippen molar-refractivity contribution in [3.05, 3.63) is 48.5 Å². The number of benzene rings is 1. The Morgan fingerprint density at radius 2 is 2.00 bits per heavy atom. The van der Waals surface area contributed by atoms with Crippen molar-refractivity contribution in [2.24, 2.45) is 0 Å². The summed E-state index contributed by atoms with van der Waals surface area (Å²) in [7, 11) is 0. The van der Waals surface area contributed by atoms with Gasteiger partial charge in [0.05, 0.1) is 0 Å². The lowest BCUT2D eigenvalue weighted by Gasteiger charge is -2.11. The second kappa shape index (κ2) is 5.53. The summed E-state index contributed by atoms with van der Waals surface area (Å²) < 4.78 is 2.21. The monoisotopic (exact) mass is 229 g/mol. The van der Waals surface area contributed by atoms with Crippen LogP contribution in [-0.4, -0.2) is 16.1 Å². The Balaban J connectivity index is 1.88. The molecule has 1 heterocycles. The largest absolute Gasteiger partial charge is 0.383 e. The molecule has 0 aliphatic rings. The van der Waals surface area contributed by atoms with Crippen LogP contribution in [0.2, 0.25) is 0 Å². The third-order valence-electron chi connectivity index (χ3n) is 2.72. The molecule has 0 bridgehead atoms. The zero-order valence-corrected chi connectivity index (χ0v) is 10.4. The third-order valence-corrected chi connectivity index (χ3v) is 2.72. The molecule has 1 N–H and O–H groups in total. The minimum Gasteiger partial charge on any atom is -0.383 e. The maximum atomic E-state index is 4.38. The summed E-state index contributed by atoms with van der Waals surface area (Å²) in [6, 6.07) is 10.3. The van der Waals surface area contributed by atoms with Crippen molar-refractivity contribution < 1.29 is 0 Å². The van der Waals surface area contributed by atoms with Gasteiger partial charge in [-0.1, -0.05) is 32.0 Å². The molecule has 0 radical (unpaired) electrons. The summed E-state index contributed by atoms with van der Waals surface area (Å²) in [6.45, 7) is 6.20. The fourth-order valence-corrected chi connectivity index (χ4v) is 1.89. The molecular formula is C14H19N3. The maximum absolute atomic E-state index is 4.38. The predicted octanol–water partition coefficient (Wildman–Crippen LogP) is 3.12. The third kappa shape index (κ3) is 3.09. The Bertz CT molecular complexity index is 446. The Labute approximate surface area is 103 Å². The summed E-state index contributed by atoms with van der Waals surface area (Å²) in [5, 5.41) is 3.40. The molecule has 0 aliphatic carbocycles. The standard InChI is InChI=1S/C14H19N3/c1-12(2)14-16-9-11-17(14)10-8-15-13-6-4-3-5-7-13/h3-7,9,11-12,15H,8,10H2,1-2H3. The Morgan fingerprint density at radius 3 is 2.71 bits per heavy atom. The van der Waals surface area contributed by atoms with Crippen molar-refractivity contribution in [3.63, 3.8) is 0 Å². The van der Waals surface area contributed by atoms with Crippen molar-refractivity contribution >= 4 is 5.69 Å². The fraction of sp³-hybridized carbons (Fsp3) is 0.357. The summed E-state index contributed by atoms with van der Waals surface area (Å²) in [6.07, 6.45) is 3.92. The number of rotatable bonds is 5. The van der Waals surface area contributed by atoms with E-state index < -0.39 is 0 Å². The van der Waals surface area contributed by atoms with Crippen LogP contribution in [0.1, 0.15) is 25.6 Å². The quantitative estimate of drug-likeness (QED) is 0.853. The average Bonchev–Trinajstić information content (AvgIpc) is 2.79. The van der Waals surface area contributed by atoms with Crippen LogP contribution >= 0.6 is 0 Å². The summed E-state index contributed by atoms with van der Waals surface area (Å²) in [4.78, 5) is 4.38. The number of imidazole rings is 1. The van der Waals surface area contributed by atoms with Gasteiger partial charge in [0, 0.05) is 37.1 Å². The highest BCUT2D eigenvalue weighted by molar-refractivity contribution is 5.42. The van der Waals surface area contributed by atoms with E-state index in [1.165, 1.54) is 5.69 Å². The number of anilines is 1. The van der Waals surface area contributed by atoms with Crippen molar-refractivity contribution in [2.75, 3.05) is 11.9 Å². The van der Waals surface area contributed by atoms with Crippen LogP contribution in [0.15, 0.2) is 42.7 Å². The highest BCUT2D eigenvalue weighted by Crippen LogP contribution is 2.11. The van der Waals surface area contributed by atoms with Crippen LogP contribution in [0.5, 0.6) is 0 Å². The van der Waals surface area contributed by atoms with E-state index in [0.717, 1.165) is 18.9 Å². The topological polar surface area (TPSA) is 29.9 Å². The van der Waals surface area contributed by atoms with Gasteiger partial charge in [0.25, 0.3) is 0 Å². The molecule has 0 spiro atoms. The van der Waals surface area contributed by atoms with Gasteiger partial charge in [-0.3, -0.25) is 0 Å². The molecule has 0 aliphatic heterocycles. The first-order valence-corrected chi connectivity index (χ1v) is 6.07. The molecule has 0 saturated carbocycles. The highest BCUT2D eigenvalue weighted by Gasteiger charge is 2.05. The average molecular weight is 229 g/mol. The Kier molecular flexibility index (Phi) is 3.81. The first kappa shape index (κ1) is 11.7. The van der Waals surface area contributed by atoms with Crippen LogP contribution in [0, 0.1) is 0 Å². The number of hydrogen-bond acceptors (Lipinski definition) is 2. The van der Waals surface area contributed by atoms with Gasteiger partial charge < -0.3 is 9.88 Å². The molecule has 0 saturated heterocycles. The number of hydrogen-bond donors (Lipinski definition) is 1. The second-order valence-electron chi connectivity index (χ2n) is 4.43. The highest BCUT2D eigenvalue weighted by atomic mass is 15.1. The molecule has 90 valence electrons. The van der Waals surface area contributed by atoms with Crippen molar-refractivity contribution in [1.29, 1.82) is 0 Å². The first-order valence-electron chi connectivity index (χ1n) is 6.07. The van der Waals surface area contributed by atoms with Crippen LogP contribution in [0.25, 0.3) is 0 Å². The molecule has 0 unspecified atom stereocenters. The molecule has 3 heteroatoms. The number of nitrogens with zero attached hydrogens (tertiary/aromatic N) is 2. The van der Waals surface area contributed by atoms with Gasteiger partial charge in [0.1, 0.15) is 5.82 Å². The van der Waals surface area contributed by atoms with E-state index in [2.05, 4.69) is 40.8 Å². The maximum Gasteiger partial charge on any atom is 0.111 e. The number of nitrogens with one attached hydrogen (secondary N) is 1. The van der Waals surface area contributed by atoms with E-state index in [1.54, 1.807) is 0 Å². The van der Waals surface area contributed by atoms with E-state index in [4.69, 9.17) is 0 Å². The van der Waals surface area contributed by atoms with Gasteiger partial charge in [-0.05, 0) is 12.1 Å². The van der Waals surface area contributed by atoms with Gasteiger partial charge in [-0.2, -0.15) is 0 Å². The summed E-state index contributed by atoms with van der Waals surface area (Å²) in [5.41, 5.74) is 1.17. The van der Waals surface area contributed by atoms with E-state index in [-0.39, 0.29) is 0 Å². The van der Waals surface area contributed by atoms with E-state index in [0.29, 0.717) is 5.92 Å². The van der Waals surface area contributed by atoms with Crippen molar-refractivity contribution in [2.45, 2.75) is 26.3 Å². The molecule has 0 amide bonds. The summed E-state index contributed by atoms with van der Waals surface area (Å²) >= 11 is 0. The van der Waals surface area contributed by atoms with Crippen LogP contribution in [0.3, 0.4) is 0 Å². The molecule has 3 nitrogen and oxygen atoms in total. The molecule has 2 aromatic rings. The van der Waals surface area contributed by atoms with Gasteiger partial charge in [0.15, 0.2) is 0 Å². The number of aromatic nitrogens is 2. The zero-order valence-electron chi connectivity index (χ0n) is 10.4. The van der Waals surface area contributed by atoms with Crippen molar-refractivity contribution in [1.82, 2.24) is 9.55 Å². The van der Waals surface area contributed by atoms with Crippen LogP contribution < -0.4 is 5.32 Å². The molecular weight excluding hydrogens is 210 g/mol. The fourth-order valence-electron chi connectivity index (χ4n) is 1.89. The normalized spacial score (nSPS) is 10.8. The van der Waals surface area contributed by atoms with Gasteiger partial charge in [0.2, 0.25) is 0 Å². The smallest absolute Gasteiger partial charge is 0.111 e. The SMILES string of the molecule is CC(C)c1nccn1CCNc1ccccc1. The minimum absolute atomic E-state index is 0.474. The minimum atomic E-state index is 0.474. The molecule has 2 rings (SSSR count). The molecule has 17 heavy (non-hydrogen) atoms. The predicted molar refractivity (Wildman–Crippen MR) is 71.2 cm³/mol. The lowest BCUT2D eigenvalue weighted by atomic mass is 10.2. The van der Waals surface area contributed by atoms with Crippen LogP contribution in [0.4, 0.5) is 5.69 Å². The lowest BCUT2D eigenvalue weighted by molar-refractivity contribution is 0.637. The number of para-hydroxylation sites is 1. The Hall–Kier alpha value is -1.77. The second-order valence-corrected chi connectivity index (χ2v) is 4.43. The molecule has 0 fully saturated rings. The molecule has 1 aromatic carbocycles. The van der Waals surface area contributed by atoms with Gasteiger partial charge >= 0.3 is 0 Å². The van der Waals surface area contributed by atoms with E-state index in [9.17, 15) is 0 Å². The lowest BCUT2D eigenvalue weighted by Crippen LogP contribution is -2.13. The van der Waals surface area contributed by atoms with E-state index in [1.807, 2.05) is 30.6 Å².